The van der Waals surface area contributed by atoms with E-state index < -0.39 is 0 Å². The van der Waals surface area contributed by atoms with Gasteiger partial charge in [-0.3, -0.25) is 9.59 Å². The minimum Gasteiger partial charge on any atom is -0.289 e. The van der Waals surface area contributed by atoms with Crippen LogP contribution >= 0.6 is 23.4 Å². The van der Waals surface area contributed by atoms with Gasteiger partial charge in [0.05, 0.1) is 4.91 Å². The van der Waals surface area contributed by atoms with E-state index >= 15 is 0 Å². The zero-order chi connectivity index (χ0) is 18.1. The molecular weight excluding hydrogens is 364 g/mol. The Balaban J connectivity index is 1.96. The van der Waals surface area contributed by atoms with Crippen LogP contribution in [0.1, 0.15) is 26.3 Å². The molecule has 4 rings (SSSR count). The van der Waals surface area contributed by atoms with E-state index in [1.54, 1.807) is 42.5 Å². The number of hydrogen-bond donors (Lipinski definition) is 0. The number of carbonyl (C=O) groups excluding carboxylic acids is 2. The van der Waals surface area contributed by atoms with E-state index in [0.29, 0.717) is 32.2 Å². The highest BCUT2D eigenvalue weighted by atomic mass is 35.5. The van der Waals surface area contributed by atoms with Crippen LogP contribution in [0.25, 0.3) is 5.57 Å². The minimum absolute atomic E-state index is 0.149. The van der Waals surface area contributed by atoms with E-state index in [2.05, 4.69) is 0 Å². The number of carbonyl (C=O) groups is 2. The molecule has 0 unspecified atom stereocenters. The quantitative estimate of drug-likeness (QED) is 0.568. The lowest BCUT2D eigenvalue weighted by Gasteiger charge is -2.21. The number of benzene rings is 3. The molecule has 0 aliphatic heterocycles. The minimum atomic E-state index is -0.174. The first-order valence-corrected chi connectivity index (χ1v) is 9.27. The van der Waals surface area contributed by atoms with Crippen LogP contribution in [-0.2, 0) is 0 Å². The Morgan fingerprint density at radius 3 is 1.81 bits per heavy atom. The molecule has 0 fully saturated rings. The molecule has 1 aliphatic rings. The van der Waals surface area contributed by atoms with Crippen LogP contribution in [0.5, 0.6) is 0 Å². The number of thioether (sulfide) groups is 1. The van der Waals surface area contributed by atoms with Gasteiger partial charge in [-0.2, -0.15) is 0 Å². The van der Waals surface area contributed by atoms with Crippen molar-refractivity contribution in [1.82, 2.24) is 0 Å². The molecule has 0 radical (unpaired) electrons. The maximum absolute atomic E-state index is 13.2. The highest BCUT2D eigenvalue weighted by Crippen LogP contribution is 2.42. The zero-order valence-electron chi connectivity index (χ0n) is 13.6. The van der Waals surface area contributed by atoms with Gasteiger partial charge in [-0.25, -0.2) is 0 Å². The van der Waals surface area contributed by atoms with Crippen molar-refractivity contribution < 1.29 is 9.59 Å². The summed E-state index contributed by atoms with van der Waals surface area (Å²) in [4.78, 5) is 27.7. The molecule has 3 aromatic carbocycles. The van der Waals surface area contributed by atoms with Gasteiger partial charge in [0.15, 0.2) is 5.78 Å². The fourth-order valence-electron chi connectivity index (χ4n) is 2.97. The maximum atomic E-state index is 13.2. The Labute approximate surface area is 160 Å². The molecule has 0 N–H and O–H groups in total. The van der Waals surface area contributed by atoms with Crippen LogP contribution in [-0.4, -0.2) is 11.6 Å². The molecule has 0 aromatic heterocycles. The molecule has 0 atom stereocenters. The summed E-state index contributed by atoms with van der Waals surface area (Å²) >= 11 is 7.66. The predicted molar refractivity (Wildman–Crippen MR) is 106 cm³/mol. The third-order valence-electron chi connectivity index (χ3n) is 4.18. The number of halogens is 1. The van der Waals surface area contributed by atoms with Crippen molar-refractivity contribution in [1.29, 1.82) is 0 Å². The van der Waals surface area contributed by atoms with Crippen LogP contribution in [0.4, 0.5) is 0 Å². The summed E-state index contributed by atoms with van der Waals surface area (Å²) in [5.41, 5.74) is 1.81. The number of hydrogen-bond acceptors (Lipinski definition) is 3. The highest BCUT2D eigenvalue weighted by molar-refractivity contribution is 8.04. The Morgan fingerprint density at radius 2 is 1.15 bits per heavy atom. The van der Waals surface area contributed by atoms with Gasteiger partial charge in [0, 0.05) is 32.2 Å². The van der Waals surface area contributed by atoms with Crippen molar-refractivity contribution >= 4 is 40.5 Å². The Hall–Kier alpha value is -2.62. The van der Waals surface area contributed by atoms with E-state index in [9.17, 15) is 9.59 Å². The molecular formula is C22H13ClO2S. The third kappa shape index (κ3) is 2.90. The molecule has 1 aliphatic carbocycles. The summed E-state index contributed by atoms with van der Waals surface area (Å²) < 4.78 is 0. The fraction of sp³-hybridized carbons (Fsp3) is 0. The summed E-state index contributed by atoms with van der Waals surface area (Å²) in [6, 6.07) is 23.6. The second kappa shape index (κ2) is 6.94. The Morgan fingerprint density at radius 1 is 0.615 bits per heavy atom. The lowest BCUT2D eigenvalue weighted by molar-refractivity contribution is 0.0998. The van der Waals surface area contributed by atoms with Crippen molar-refractivity contribution in [3.8, 4) is 0 Å². The van der Waals surface area contributed by atoms with Crippen molar-refractivity contribution in [2.75, 3.05) is 0 Å². The lowest BCUT2D eigenvalue weighted by Crippen LogP contribution is -2.20. The van der Waals surface area contributed by atoms with E-state index in [1.165, 1.54) is 11.8 Å². The molecule has 2 nitrogen and oxygen atoms in total. The summed E-state index contributed by atoms with van der Waals surface area (Å²) in [5.74, 6) is -0.323. The van der Waals surface area contributed by atoms with Crippen molar-refractivity contribution in [2.24, 2.45) is 0 Å². The van der Waals surface area contributed by atoms with Crippen molar-refractivity contribution in [3.05, 3.63) is 105 Å². The predicted octanol–water partition coefficient (Wildman–Crippen LogP) is 5.92. The first kappa shape index (κ1) is 16.8. The van der Waals surface area contributed by atoms with Gasteiger partial charge in [-0.15, -0.1) is 0 Å². The number of ketones is 2. The van der Waals surface area contributed by atoms with Crippen LogP contribution < -0.4 is 0 Å². The third-order valence-corrected chi connectivity index (χ3v) is 5.61. The SMILES string of the molecule is O=C1C(Sc2ccccc2)=C(c2ccccc2Cl)C(=O)c2ccccc21. The first-order valence-electron chi connectivity index (χ1n) is 8.07. The summed E-state index contributed by atoms with van der Waals surface area (Å²) in [6.07, 6.45) is 0. The lowest BCUT2D eigenvalue weighted by atomic mass is 9.86. The Bertz CT molecular complexity index is 1050. The molecule has 0 saturated heterocycles. The standard InChI is InChI=1S/C22H13ClO2S/c23-18-13-7-6-12-17(18)19-20(24)15-10-4-5-11-16(15)21(25)22(19)26-14-8-2-1-3-9-14/h1-13H. The molecule has 0 spiro atoms. The van der Waals surface area contributed by atoms with Crippen LogP contribution in [0.15, 0.2) is 88.7 Å². The molecule has 0 heterocycles. The monoisotopic (exact) mass is 376 g/mol. The zero-order valence-corrected chi connectivity index (χ0v) is 15.2. The van der Waals surface area contributed by atoms with Gasteiger partial charge in [0.25, 0.3) is 0 Å². The number of allylic oxidation sites excluding steroid dienone is 2. The van der Waals surface area contributed by atoms with Crippen molar-refractivity contribution in [3.63, 3.8) is 0 Å². The Kier molecular flexibility index (Phi) is 4.49. The number of fused-ring (bicyclic) bond motifs is 1. The smallest absolute Gasteiger partial charge is 0.201 e. The van der Waals surface area contributed by atoms with Gasteiger partial charge >= 0.3 is 0 Å². The molecule has 0 bridgehead atoms. The maximum Gasteiger partial charge on any atom is 0.201 e. The molecule has 3 aromatic rings. The highest BCUT2D eigenvalue weighted by Gasteiger charge is 2.34. The van der Waals surface area contributed by atoms with Gasteiger partial charge in [0.2, 0.25) is 5.78 Å². The van der Waals surface area contributed by atoms with E-state index in [-0.39, 0.29) is 11.6 Å². The average molecular weight is 377 g/mol. The molecule has 4 heteroatoms. The molecule has 26 heavy (non-hydrogen) atoms. The fourth-order valence-corrected chi connectivity index (χ4v) is 4.23. The second-order valence-electron chi connectivity index (χ2n) is 5.80. The summed E-state index contributed by atoms with van der Waals surface area (Å²) in [5, 5.41) is 0.453. The topological polar surface area (TPSA) is 34.1 Å². The summed E-state index contributed by atoms with van der Waals surface area (Å²) in [6.45, 7) is 0. The number of rotatable bonds is 3. The number of Topliss-reactive ketones (excluding diaryl/α,β-unsaturated/α-hetero) is 2. The first-order chi connectivity index (χ1) is 12.7. The van der Waals surface area contributed by atoms with Gasteiger partial charge in [0.1, 0.15) is 0 Å². The van der Waals surface area contributed by atoms with E-state index in [1.807, 2.05) is 36.4 Å². The average Bonchev–Trinajstić information content (AvgIpc) is 2.68. The normalized spacial score (nSPS) is 13.7. The van der Waals surface area contributed by atoms with Crippen LogP contribution in [0.3, 0.4) is 0 Å². The largest absolute Gasteiger partial charge is 0.289 e. The van der Waals surface area contributed by atoms with E-state index in [4.69, 9.17) is 11.6 Å². The van der Waals surface area contributed by atoms with Crippen molar-refractivity contribution in [2.45, 2.75) is 4.90 Å². The molecule has 0 amide bonds. The van der Waals surface area contributed by atoms with E-state index in [0.717, 1.165) is 4.90 Å². The molecule has 126 valence electrons. The summed E-state index contributed by atoms with van der Waals surface area (Å²) in [7, 11) is 0. The second-order valence-corrected chi connectivity index (χ2v) is 7.29. The van der Waals surface area contributed by atoms with Gasteiger partial charge < -0.3 is 0 Å². The van der Waals surface area contributed by atoms with Crippen LogP contribution in [0.2, 0.25) is 5.02 Å². The van der Waals surface area contributed by atoms with Gasteiger partial charge in [-0.05, 0) is 18.2 Å². The molecule has 0 saturated carbocycles. The van der Waals surface area contributed by atoms with Gasteiger partial charge in [-0.1, -0.05) is 84.0 Å². The van der Waals surface area contributed by atoms with Crippen LogP contribution in [0, 0.1) is 0 Å².